The fourth-order valence-electron chi connectivity index (χ4n) is 4.23. The van der Waals surface area contributed by atoms with Crippen LogP contribution in [-0.2, 0) is 24.2 Å². The number of ether oxygens (including phenoxy) is 1. The molecule has 2 heterocycles. The number of carbonyl (C=O) groups excluding carboxylic acids is 1. The lowest BCUT2D eigenvalue weighted by Gasteiger charge is -2.28. The number of rotatable bonds is 8. The standard InChI is InChI=1S/C30H34N2O3/c1-5-6-7-8-29(33)32-17-15-24-13-14-27(19-26(24)20-32)34-18-16-28-22(4)35-30(31-28)25-11-9-23(10-12-25)21(2)3/h5-14,19,21H,15-18,20H2,1-4H3. The van der Waals surface area contributed by atoms with Crippen LogP contribution in [0, 0.1) is 6.92 Å². The van der Waals surface area contributed by atoms with Crippen LogP contribution in [0.5, 0.6) is 5.75 Å². The molecule has 2 aromatic carbocycles. The molecule has 4 rings (SSSR count). The molecule has 35 heavy (non-hydrogen) atoms. The molecule has 0 saturated carbocycles. The lowest BCUT2D eigenvalue weighted by Crippen LogP contribution is -2.34. The minimum absolute atomic E-state index is 0.0382. The Labute approximate surface area is 208 Å². The van der Waals surface area contributed by atoms with Gasteiger partial charge in [0.15, 0.2) is 0 Å². The lowest BCUT2D eigenvalue weighted by atomic mass is 9.99. The zero-order valence-corrected chi connectivity index (χ0v) is 21.1. The molecule has 1 aliphatic heterocycles. The van der Waals surface area contributed by atoms with Gasteiger partial charge < -0.3 is 14.1 Å². The highest BCUT2D eigenvalue weighted by molar-refractivity contribution is 5.88. The summed E-state index contributed by atoms with van der Waals surface area (Å²) in [7, 11) is 0. The van der Waals surface area contributed by atoms with Gasteiger partial charge in [0.1, 0.15) is 11.5 Å². The van der Waals surface area contributed by atoms with Crippen molar-refractivity contribution < 1.29 is 13.9 Å². The molecule has 3 aromatic rings. The first-order valence-electron chi connectivity index (χ1n) is 12.3. The van der Waals surface area contributed by atoms with Crippen molar-refractivity contribution in [3.05, 3.63) is 94.9 Å². The molecule has 0 bridgehead atoms. The summed E-state index contributed by atoms with van der Waals surface area (Å²) in [6.07, 6.45) is 8.71. The van der Waals surface area contributed by atoms with E-state index in [1.807, 2.05) is 37.0 Å². The van der Waals surface area contributed by atoms with Crippen LogP contribution in [0.3, 0.4) is 0 Å². The maximum atomic E-state index is 12.4. The van der Waals surface area contributed by atoms with Crippen molar-refractivity contribution in [2.75, 3.05) is 13.2 Å². The van der Waals surface area contributed by atoms with Gasteiger partial charge >= 0.3 is 0 Å². The number of fused-ring (bicyclic) bond motifs is 1. The molecule has 0 spiro atoms. The predicted octanol–water partition coefficient (Wildman–Crippen LogP) is 6.41. The summed E-state index contributed by atoms with van der Waals surface area (Å²) in [5.41, 5.74) is 5.62. The summed E-state index contributed by atoms with van der Waals surface area (Å²) in [5.74, 6) is 2.82. The van der Waals surface area contributed by atoms with E-state index in [2.05, 4.69) is 50.2 Å². The maximum absolute atomic E-state index is 12.4. The monoisotopic (exact) mass is 470 g/mol. The summed E-state index contributed by atoms with van der Waals surface area (Å²) in [5, 5.41) is 0. The summed E-state index contributed by atoms with van der Waals surface area (Å²) in [6, 6.07) is 14.6. The van der Waals surface area contributed by atoms with Crippen LogP contribution in [-0.4, -0.2) is 28.9 Å². The average molecular weight is 471 g/mol. The minimum Gasteiger partial charge on any atom is -0.493 e. The van der Waals surface area contributed by atoms with Gasteiger partial charge in [0.25, 0.3) is 0 Å². The number of oxazole rings is 1. The highest BCUT2D eigenvalue weighted by atomic mass is 16.5. The molecule has 182 valence electrons. The van der Waals surface area contributed by atoms with E-state index in [-0.39, 0.29) is 5.91 Å². The normalized spacial score (nSPS) is 13.7. The van der Waals surface area contributed by atoms with Crippen LogP contribution in [0.4, 0.5) is 0 Å². The van der Waals surface area contributed by atoms with Crippen molar-refractivity contribution in [2.24, 2.45) is 0 Å². The van der Waals surface area contributed by atoms with Crippen LogP contribution < -0.4 is 4.74 Å². The summed E-state index contributed by atoms with van der Waals surface area (Å²) in [4.78, 5) is 19.0. The second-order valence-corrected chi connectivity index (χ2v) is 9.22. The SMILES string of the molecule is CC=CC=CC(=O)N1CCc2ccc(OCCc3nc(-c4ccc(C(C)C)cc4)oc3C)cc2C1. The number of aromatic nitrogens is 1. The number of aryl methyl sites for hydroxylation is 1. The molecule has 5 heteroatoms. The van der Waals surface area contributed by atoms with Gasteiger partial charge in [-0.1, -0.05) is 50.3 Å². The van der Waals surface area contributed by atoms with E-state index in [9.17, 15) is 4.79 Å². The summed E-state index contributed by atoms with van der Waals surface area (Å²) >= 11 is 0. The molecule has 5 nitrogen and oxygen atoms in total. The first-order valence-corrected chi connectivity index (χ1v) is 12.3. The number of hydrogen-bond donors (Lipinski definition) is 0. The van der Waals surface area contributed by atoms with Gasteiger partial charge in [0.2, 0.25) is 11.8 Å². The van der Waals surface area contributed by atoms with E-state index in [0.29, 0.717) is 31.4 Å². The fraction of sp³-hybridized carbons (Fsp3) is 0.333. The lowest BCUT2D eigenvalue weighted by molar-refractivity contribution is -0.126. The van der Waals surface area contributed by atoms with Gasteiger partial charge in [-0.25, -0.2) is 4.98 Å². The third-order valence-corrected chi connectivity index (χ3v) is 6.37. The Bertz CT molecular complexity index is 1220. The second-order valence-electron chi connectivity index (χ2n) is 9.22. The Morgan fingerprint density at radius 3 is 2.69 bits per heavy atom. The Morgan fingerprint density at radius 2 is 1.94 bits per heavy atom. The Balaban J connectivity index is 1.35. The highest BCUT2D eigenvalue weighted by Gasteiger charge is 2.20. The summed E-state index contributed by atoms with van der Waals surface area (Å²) < 4.78 is 12.0. The summed E-state index contributed by atoms with van der Waals surface area (Å²) in [6.45, 7) is 10.1. The first kappa shape index (κ1) is 24.5. The molecule has 0 radical (unpaired) electrons. The zero-order valence-electron chi connectivity index (χ0n) is 21.1. The van der Waals surface area contributed by atoms with Crippen molar-refractivity contribution >= 4 is 5.91 Å². The Morgan fingerprint density at radius 1 is 1.14 bits per heavy atom. The van der Waals surface area contributed by atoms with Gasteiger partial charge in [-0.3, -0.25) is 4.79 Å². The van der Waals surface area contributed by atoms with Crippen molar-refractivity contribution in [3.63, 3.8) is 0 Å². The van der Waals surface area contributed by atoms with Crippen LogP contribution in [0.25, 0.3) is 11.5 Å². The van der Waals surface area contributed by atoms with E-state index < -0.39 is 0 Å². The Kier molecular flexibility index (Phi) is 7.86. The highest BCUT2D eigenvalue weighted by Crippen LogP contribution is 2.26. The van der Waals surface area contributed by atoms with Crippen LogP contribution in [0.15, 0.2) is 71.2 Å². The molecule has 0 unspecified atom stereocenters. The number of allylic oxidation sites excluding steroid dienone is 3. The third-order valence-electron chi connectivity index (χ3n) is 6.37. The molecule has 0 saturated heterocycles. The molecule has 1 aliphatic rings. The quantitative estimate of drug-likeness (QED) is 0.282. The van der Waals surface area contributed by atoms with Gasteiger partial charge in [0, 0.05) is 31.1 Å². The number of hydrogen-bond acceptors (Lipinski definition) is 4. The number of benzene rings is 2. The molecule has 0 atom stereocenters. The van der Waals surface area contributed by atoms with Gasteiger partial charge in [0.05, 0.1) is 12.3 Å². The molecule has 0 fully saturated rings. The second kappa shape index (κ2) is 11.2. The van der Waals surface area contributed by atoms with Gasteiger partial charge in [-0.05, 0) is 67.1 Å². The average Bonchev–Trinajstić information content (AvgIpc) is 3.24. The fourth-order valence-corrected chi connectivity index (χ4v) is 4.23. The topological polar surface area (TPSA) is 55.6 Å². The number of nitrogens with zero attached hydrogens (tertiary/aromatic N) is 2. The molecular formula is C30H34N2O3. The maximum Gasteiger partial charge on any atom is 0.246 e. The smallest absolute Gasteiger partial charge is 0.246 e. The number of carbonyl (C=O) groups is 1. The predicted molar refractivity (Wildman–Crippen MR) is 139 cm³/mol. The molecule has 1 amide bonds. The van der Waals surface area contributed by atoms with Gasteiger partial charge in [-0.2, -0.15) is 0 Å². The van der Waals surface area contributed by atoms with Crippen molar-refractivity contribution in [1.82, 2.24) is 9.88 Å². The molecule has 0 N–H and O–H groups in total. The largest absolute Gasteiger partial charge is 0.493 e. The van der Waals surface area contributed by atoms with E-state index in [0.717, 1.165) is 41.3 Å². The first-order chi connectivity index (χ1) is 16.9. The number of amides is 1. The van der Waals surface area contributed by atoms with E-state index >= 15 is 0 Å². The zero-order chi connectivity index (χ0) is 24.8. The minimum atomic E-state index is 0.0382. The van der Waals surface area contributed by atoms with E-state index in [4.69, 9.17) is 14.1 Å². The van der Waals surface area contributed by atoms with Crippen molar-refractivity contribution in [2.45, 2.75) is 53.0 Å². The Hall–Kier alpha value is -3.60. The molecule has 1 aromatic heterocycles. The molecular weight excluding hydrogens is 436 g/mol. The van der Waals surface area contributed by atoms with E-state index in [1.165, 1.54) is 11.1 Å². The molecule has 0 aliphatic carbocycles. The van der Waals surface area contributed by atoms with Crippen molar-refractivity contribution in [3.8, 4) is 17.2 Å². The third kappa shape index (κ3) is 6.10. The van der Waals surface area contributed by atoms with Crippen LogP contribution in [0.1, 0.15) is 54.8 Å². The van der Waals surface area contributed by atoms with Crippen molar-refractivity contribution in [1.29, 1.82) is 0 Å². The van der Waals surface area contributed by atoms with Crippen LogP contribution in [0.2, 0.25) is 0 Å². The van der Waals surface area contributed by atoms with Crippen LogP contribution >= 0.6 is 0 Å². The van der Waals surface area contributed by atoms with Gasteiger partial charge in [-0.15, -0.1) is 0 Å². The van der Waals surface area contributed by atoms with E-state index in [1.54, 1.807) is 12.2 Å².